The first kappa shape index (κ1) is 24.8. The Hall–Kier alpha value is -3.80. The number of nitrogens with one attached hydrogen (secondary N) is 1. The summed E-state index contributed by atoms with van der Waals surface area (Å²) in [4.78, 5) is 27.0. The Labute approximate surface area is 200 Å². The van der Waals surface area contributed by atoms with Crippen molar-refractivity contribution >= 4 is 28.2 Å². The summed E-state index contributed by atoms with van der Waals surface area (Å²) in [5.41, 5.74) is 5.17. The summed E-state index contributed by atoms with van der Waals surface area (Å²) in [7, 11) is 3.87. The number of benzene rings is 2. The molecule has 0 saturated heterocycles. The Bertz CT molecular complexity index is 1350. The third-order valence-electron chi connectivity index (χ3n) is 6.05. The van der Waals surface area contributed by atoms with Crippen LogP contribution in [0.3, 0.4) is 0 Å². The van der Waals surface area contributed by atoms with Gasteiger partial charge in [-0.3, -0.25) is 4.79 Å². The maximum Gasteiger partial charge on any atom is 0.337 e. The van der Waals surface area contributed by atoms with E-state index in [9.17, 15) is 14.7 Å². The minimum Gasteiger partial charge on any atom is -0.478 e. The van der Waals surface area contributed by atoms with Crippen LogP contribution in [0.25, 0.3) is 16.5 Å². The number of para-hydroxylation sites is 1. The van der Waals surface area contributed by atoms with Crippen LogP contribution in [0.2, 0.25) is 0 Å². The van der Waals surface area contributed by atoms with E-state index in [1.807, 2.05) is 58.0 Å². The van der Waals surface area contributed by atoms with E-state index < -0.39 is 5.97 Å². The Morgan fingerprint density at radius 1 is 1.24 bits per heavy atom. The number of carbonyl (C=O) groups is 1. The van der Waals surface area contributed by atoms with Crippen molar-refractivity contribution in [3.05, 3.63) is 93.0 Å². The van der Waals surface area contributed by atoms with Gasteiger partial charge in [0.15, 0.2) is 5.43 Å². The molecule has 0 amide bonds. The summed E-state index contributed by atoms with van der Waals surface area (Å²) >= 11 is 0. The number of hydrogen-bond donors (Lipinski definition) is 2. The van der Waals surface area contributed by atoms with Gasteiger partial charge in [-0.2, -0.15) is 0 Å². The zero-order chi connectivity index (χ0) is 25.2. The number of anilines is 1. The lowest BCUT2D eigenvalue weighted by Gasteiger charge is -2.21. The van der Waals surface area contributed by atoms with Crippen LogP contribution in [-0.4, -0.2) is 30.1 Å². The summed E-state index contributed by atoms with van der Waals surface area (Å²) in [5.74, 6) is -0.459. The second-order valence-electron chi connectivity index (χ2n) is 8.78. The first-order valence-corrected chi connectivity index (χ1v) is 11.2. The van der Waals surface area contributed by atoms with Gasteiger partial charge in [0.05, 0.1) is 17.0 Å². The van der Waals surface area contributed by atoms with Crippen molar-refractivity contribution in [3.63, 3.8) is 0 Å². The Balaban J connectivity index is 2.17. The lowest BCUT2D eigenvalue weighted by Crippen LogP contribution is -2.15. The smallest absolute Gasteiger partial charge is 0.337 e. The van der Waals surface area contributed by atoms with E-state index in [4.69, 9.17) is 4.42 Å². The minimum absolute atomic E-state index is 0.0749. The summed E-state index contributed by atoms with van der Waals surface area (Å²) in [6, 6.07) is 10.3. The molecule has 34 heavy (non-hydrogen) atoms. The fourth-order valence-electron chi connectivity index (χ4n) is 3.99. The lowest BCUT2D eigenvalue weighted by molar-refractivity contribution is 0.0698. The summed E-state index contributed by atoms with van der Waals surface area (Å²) in [6.45, 7) is 11.7. The molecule has 178 valence electrons. The van der Waals surface area contributed by atoms with Crippen molar-refractivity contribution in [2.24, 2.45) is 0 Å². The van der Waals surface area contributed by atoms with Gasteiger partial charge >= 0.3 is 5.97 Å². The highest BCUT2D eigenvalue weighted by molar-refractivity contribution is 5.94. The third-order valence-corrected chi connectivity index (χ3v) is 6.05. The number of carboxylic acid groups (broad SMARTS) is 1. The van der Waals surface area contributed by atoms with Crippen molar-refractivity contribution in [2.75, 3.05) is 19.4 Å². The van der Waals surface area contributed by atoms with E-state index in [1.165, 1.54) is 0 Å². The predicted molar refractivity (Wildman–Crippen MR) is 138 cm³/mol. The highest BCUT2D eigenvalue weighted by atomic mass is 16.4. The average molecular weight is 461 g/mol. The van der Waals surface area contributed by atoms with E-state index in [-0.39, 0.29) is 17.0 Å². The quantitative estimate of drug-likeness (QED) is 0.419. The molecule has 6 nitrogen and oxygen atoms in total. The van der Waals surface area contributed by atoms with Crippen molar-refractivity contribution in [2.45, 2.75) is 40.2 Å². The molecule has 0 aliphatic rings. The normalized spacial score (nSPS) is 12.5. The Kier molecular flexibility index (Phi) is 7.30. The van der Waals surface area contributed by atoms with Gasteiger partial charge in [-0.25, -0.2) is 4.79 Å². The standard InChI is InChI=1S/C28H32N2O4/c1-8-20(15-17(3)30(6)7)26-18(4)25(31)23-14-16(2)13-22(27(23)34-26)19(5)29-24-12-10-9-11-21(24)28(32)33/h8-14,19,29H,3,15H2,1-2,4-7H3,(H,32,33)/b20-8+. The van der Waals surface area contributed by atoms with Crippen LogP contribution in [0, 0.1) is 13.8 Å². The second kappa shape index (κ2) is 10.00. The molecule has 0 bridgehead atoms. The monoisotopic (exact) mass is 460 g/mol. The number of hydrogen-bond acceptors (Lipinski definition) is 5. The fraction of sp³-hybridized carbons (Fsp3) is 0.286. The molecule has 6 heteroatoms. The van der Waals surface area contributed by atoms with Gasteiger partial charge in [-0.15, -0.1) is 0 Å². The van der Waals surface area contributed by atoms with E-state index >= 15 is 0 Å². The van der Waals surface area contributed by atoms with Crippen LogP contribution in [0.5, 0.6) is 0 Å². The fourth-order valence-corrected chi connectivity index (χ4v) is 3.99. The van der Waals surface area contributed by atoms with Gasteiger partial charge in [0.1, 0.15) is 11.3 Å². The molecule has 3 rings (SSSR count). The number of fused-ring (bicyclic) bond motifs is 1. The van der Waals surface area contributed by atoms with Crippen molar-refractivity contribution in [1.82, 2.24) is 4.90 Å². The average Bonchev–Trinajstić information content (AvgIpc) is 2.79. The highest BCUT2D eigenvalue weighted by Gasteiger charge is 2.21. The van der Waals surface area contributed by atoms with E-state index in [2.05, 4.69) is 11.9 Å². The van der Waals surface area contributed by atoms with Crippen LogP contribution in [0.1, 0.15) is 59.1 Å². The third kappa shape index (κ3) is 4.91. The molecule has 1 unspecified atom stereocenters. The topological polar surface area (TPSA) is 82.8 Å². The van der Waals surface area contributed by atoms with E-state index in [1.54, 1.807) is 31.2 Å². The number of aryl methyl sites for hydroxylation is 1. The summed E-state index contributed by atoms with van der Waals surface area (Å²) in [5, 5.41) is 13.4. The van der Waals surface area contributed by atoms with Crippen LogP contribution < -0.4 is 10.7 Å². The maximum atomic E-state index is 13.4. The molecule has 0 radical (unpaired) electrons. The lowest BCUT2D eigenvalue weighted by atomic mass is 9.97. The molecular formula is C28H32N2O4. The zero-order valence-corrected chi connectivity index (χ0v) is 20.7. The number of carboxylic acids is 1. The molecule has 2 N–H and O–H groups in total. The van der Waals surface area contributed by atoms with Gasteiger partial charge in [0.2, 0.25) is 0 Å². The van der Waals surface area contributed by atoms with Crippen LogP contribution in [0.4, 0.5) is 5.69 Å². The maximum absolute atomic E-state index is 13.4. The molecule has 1 atom stereocenters. The number of nitrogens with zero attached hydrogens (tertiary/aromatic N) is 1. The summed E-state index contributed by atoms with van der Waals surface area (Å²) < 4.78 is 6.45. The molecular weight excluding hydrogens is 428 g/mol. The summed E-state index contributed by atoms with van der Waals surface area (Å²) in [6.07, 6.45) is 2.50. The number of aromatic carboxylic acids is 1. The Morgan fingerprint density at radius 3 is 2.53 bits per heavy atom. The molecule has 0 aliphatic carbocycles. The van der Waals surface area contributed by atoms with Gasteiger partial charge in [0, 0.05) is 43.0 Å². The molecule has 0 fully saturated rings. The zero-order valence-electron chi connectivity index (χ0n) is 20.7. The first-order chi connectivity index (χ1) is 16.0. The van der Waals surface area contributed by atoms with Gasteiger partial charge in [0.25, 0.3) is 0 Å². The van der Waals surface area contributed by atoms with E-state index in [0.29, 0.717) is 34.4 Å². The molecule has 0 aliphatic heterocycles. The molecule has 2 aromatic carbocycles. The molecule has 0 spiro atoms. The largest absolute Gasteiger partial charge is 0.478 e. The molecule has 1 aromatic heterocycles. The van der Waals surface area contributed by atoms with E-state index in [0.717, 1.165) is 22.4 Å². The van der Waals surface area contributed by atoms with Gasteiger partial charge < -0.3 is 19.7 Å². The molecule has 1 heterocycles. The predicted octanol–water partition coefficient (Wildman–Crippen LogP) is 6.15. The SMILES string of the molecule is C=C(C/C(=C\C)c1oc2c(C(C)Nc3ccccc3C(=O)O)cc(C)cc2c(=O)c1C)N(C)C. The molecule has 3 aromatic rings. The van der Waals surface area contributed by atoms with Crippen LogP contribution in [-0.2, 0) is 0 Å². The number of allylic oxidation sites excluding steroid dienone is 2. The highest BCUT2D eigenvalue weighted by Crippen LogP contribution is 2.33. The second-order valence-corrected chi connectivity index (χ2v) is 8.78. The van der Waals surface area contributed by atoms with Crippen molar-refractivity contribution in [1.29, 1.82) is 0 Å². The molecule has 0 saturated carbocycles. The van der Waals surface area contributed by atoms with Crippen molar-refractivity contribution in [3.8, 4) is 0 Å². The van der Waals surface area contributed by atoms with Crippen LogP contribution in [0.15, 0.2) is 64.0 Å². The van der Waals surface area contributed by atoms with Crippen molar-refractivity contribution < 1.29 is 14.3 Å². The van der Waals surface area contributed by atoms with Gasteiger partial charge in [-0.05, 0) is 57.0 Å². The minimum atomic E-state index is -1.01. The number of rotatable bonds is 8. The Morgan fingerprint density at radius 2 is 1.91 bits per heavy atom. The van der Waals surface area contributed by atoms with Gasteiger partial charge in [-0.1, -0.05) is 30.9 Å². The van der Waals surface area contributed by atoms with Crippen LogP contribution >= 0.6 is 0 Å². The first-order valence-electron chi connectivity index (χ1n) is 11.2.